The van der Waals surface area contributed by atoms with Crippen molar-refractivity contribution in [2.75, 3.05) is 0 Å². The van der Waals surface area contributed by atoms with Crippen LogP contribution in [0.2, 0.25) is 0 Å². The topological polar surface area (TPSA) is 50.4 Å². The lowest BCUT2D eigenvalue weighted by Crippen LogP contribution is -2.48. The Hall–Kier alpha value is -1.62. The van der Waals surface area contributed by atoms with Gasteiger partial charge >= 0.3 is 0 Å². The molecule has 4 nitrogen and oxygen atoms in total. The van der Waals surface area contributed by atoms with E-state index >= 15 is 0 Å². The molecule has 0 aliphatic heterocycles. The van der Waals surface area contributed by atoms with Crippen molar-refractivity contribution < 1.29 is 9.53 Å². The molecule has 1 aromatic carbocycles. The maximum atomic E-state index is 12.1. The lowest BCUT2D eigenvalue weighted by molar-refractivity contribution is 0.0976. The number of nitrogens with one attached hydrogen (secondary N) is 2. The molecule has 0 fully saturated rings. The fourth-order valence-electron chi connectivity index (χ4n) is 1.55. The Kier molecular flexibility index (Phi) is 6.15. The van der Waals surface area contributed by atoms with E-state index in [0.29, 0.717) is 10.7 Å². The van der Waals surface area contributed by atoms with Gasteiger partial charge in [0.2, 0.25) is 0 Å². The van der Waals surface area contributed by atoms with E-state index in [4.69, 9.17) is 17.0 Å². The van der Waals surface area contributed by atoms with E-state index in [1.807, 2.05) is 27.7 Å². The Morgan fingerprint density at radius 1 is 1.29 bits per heavy atom. The molecule has 0 aromatic heterocycles. The van der Waals surface area contributed by atoms with Crippen LogP contribution in [-0.4, -0.2) is 22.7 Å². The average molecular weight is 308 g/mol. The Morgan fingerprint density at radius 3 is 2.33 bits per heavy atom. The van der Waals surface area contributed by atoms with Gasteiger partial charge in [0.05, 0.1) is 6.10 Å². The number of carbonyl (C=O) groups is 1. The van der Waals surface area contributed by atoms with Crippen LogP contribution in [0.4, 0.5) is 0 Å². The van der Waals surface area contributed by atoms with Crippen LogP contribution in [0, 0.1) is 0 Å². The molecule has 116 valence electrons. The maximum absolute atomic E-state index is 12.1. The molecule has 0 saturated carbocycles. The summed E-state index contributed by atoms with van der Waals surface area (Å²) in [6.45, 7) is 10.0. The van der Waals surface area contributed by atoms with Gasteiger partial charge in [-0.05, 0) is 70.6 Å². The number of benzene rings is 1. The molecule has 1 unspecified atom stereocenters. The summed E-state index contributed by atoms with van der Waals surface area (Å²) < 4.78 is 5.68. The van der Waals surface area contributed by atoms with E-state index in [9.17, 15) is 4.79 Å². The summed E-state index contributed by atoms with van der Waals surface area (Å²) in [5.74, 6) is 0.531. The molecule has 1 rings (SSSR count). The molecular weight excluding hydrogens is 284 g/mol. The second-order valence-corrected chi connectivity index (χ2v) is 6.43. The Morgan fingerprint density at radius 2 is 1.86 bits per heavy atom. The number of ether oxygens (including phenoxy) is 1. The summed E-state index contributed by atoms with van der Waals surface area (Å²) in [4.78, 5) is 12.1. The highest BCUT2D eigenvalue weighted by Gasteiger charge is 2.14. The van der Waals surface area contributed by atoms with Gasteiger partial charge in [-0.3, -0.25) is 10.1 Å². The molecule has 0 aliphatic rings. The highest BCUT2D eigenvalue weighted by Crippen LogP contribution is 2.14. The number of thiocarbonyl (C=S) groups is 1. The summed E-state index contributed by atoms with van der Waals surface area (Å²) in [6.07, 6.45) is 1.10. The molecule has 0 saturated heterocycles. The zero-order chi connectivity index (χ0) is 16.0. The van der Waals surface area contributed by atoms with Gasteiger partial charge in [0, 0.05) is 11.1 Å². The van der Waals surface area contributed by atoms with E-state index in [1.54, 1.807) is 24.3 Å². The lowest BCUT2D eigenvalue weighted by Gasteiger charge is -2.22. The minimum absolute atomic E-state index is 0.160. The second kappa shape index (κ2) is 7.41. The largest absolute Gasteiger partial charge is 0.491 e. The zero-order valence-electron chi connectivity index (χ0n) is 13.3. The number of amides is 1. The molecule has 2 N–H and O–H groups in total. The summed E-state index contributed by atoms with van der Waals surface area (Å²) >= 11 is 5.11. The van der Waals surface area contributed by atoms with Crippen molar-refractivity contribution >= 4 is 23.2 Å². The van der Waals surface area contributed by atoms with E-state index in [1.165, 1.54) is 0 Å². The molecule has 0 aliphatic carbocycles. The molecular formula is C16H24N2O2S. The Bertz CT molecular complexity index is 492. The Labute approximate surface area is 132 Å². The van der Waals surface area contributed by atoms with Gasteiger partial charge in [0.15, 0.2) is 5.11 Å². The highest BCUT2D eigenvalue weighted by molar-refractivity contribution is 7.80. The van der Waals surface area contributed by atoms with E-state index in [-0.39, 0.29) is 17.6 Å². The summed E-state index contributed by atoms with van der Waals surface area (Å²) in [5.41, 5.74) is 0.364. The smallest absolute Gasteiger partial charge is 0.257 e. The molecule has 0 spiro atoms. The summed E-state index contributed by atoms with van der Waals surface area (Å²) in [6, 6.07) is 7.04. The zero-order valence-corrected chi connectivity index (χ0v) is 14.1. The normalized spacial score (nSPS) is 12.4. The first kappa shape index (κ1) is 17.4. The monoisotopic (exact) mass is 308 g/mol. The average Bonchev–Trinajstić information content (AvgIpc) is 2.36. The van der Waals surface area contributed by atoms with E-state index in [2.05, 4.69) is 17.6 Å². The van der Waals surface area contributed by atoms with Crippen LogP contribution in [0.25, 0.3) is 0 Å². The molecule has 0 radical (unpaired) electrons. The van der Waals surface area contributed by atoms with E-state index < -0.39 is 0 Å². The third kappa shape index (κ3) is 6.58. The molecule has 21 heavy (non-hydrogen) atoms. The predicted octanol–water partition coefficient (Wildman–Crippen LogP) is 3.27. The molecule has 0 heterocycles. The molecule has 1 atom stereocenters. The third-order valence-corrected chi connectivity index (χ3v) is 2.95. The van der Waals surface area contributed by atoms with Gasteiger partial charge in [-0.2, -0.15) is 0 Å². The van der Waals surface area contributed by atoms with Gasteiger partial charge in [-0.25, -0.2) is 0 Å². The molecule has 1 amide bonds. The fraction of sp³-hybridized carbons (Fsp3) is 0.500. The van der Waals surface area contributed by atoms with Crippen molar-refractivity contribution in [1.82, 2.24) is 10.6 Å². The number of hydrogen-bond acceptors (Lipinski definition) is 3. The van der Waals surface area contributed by atoms with Crippen LogP contribution >= 0.6 is 12.2 Å². The van der Waals surface area contributed by atoms with E-state index in [0.717, 1.165) is 12.2 Å². The van der Waals surface area contributed by atoms with Gasteiger partial charge in [-0.15, -0.1) is 0 Å². The van der Waals surface area contributed by atoms with Gasteiger partial charge < -0.3 is 10.1 Å². The van der Waals surface area contributed by atoms with Crippen LogP contribution in [0.3, 0.4) is 0 Å². The van der Waals surface area contributed by atoms with Crippen LogP contribution in [0.15, 0.2) is 24.3 Å². The van der Waals surface area contributed by atoms with Crippen molar-refractivity contribution in [3.8, 4) is 5.75 Å². The fourth-order valence-corrected chi connectivity index (χ4v) is 1.95. The second-order valence-electron chi connectivity index (χ2n) is 6.02. The Balaban J connectivity index is 2.61. The van der Waals surface area contributed by atoms with Crippen molar-refractivity contribution in [3.63, 3.8) is 0 Å². The van der Waals surface area contributed by atoms with Crippen LogP contribution < -0.4 is 15.4 Å². The summed E-state index contributed by atoms with van der Waals surface area (Å²) in [7, 11) is 0. The van der Waals surface area contributed by atoms with Crippen molar-refractivity contribution in [2.45, 2.75) is 52.7 Å². The summed E-state index contributed by atoms with van der Waals surface area (Å²) in [5, 5.41) is 6.03. The first-order valence-corrected chi connectivity index (χ1v) is 7.52. The number of rotatable bonds is 4. The van der Waals surface area contributed by atoms with Crippen LogP contribution in [-0.2, 0) is 0 Å². The van der Waals surface area contributed by atoms with Gasteiger partial charge in [-0.1, -0.05) is 6.92 Å². The van der Waals surface area contributed by atoms with Crippen LogP contribution in [0.1, 0.15) is 51.4 Å². The predicted molar refractivity (Wildman–Crippen MR) is 89.8 cm³/mol. The first-order chi connectivity index (χ1) is 9.71. The third-order valence-electron chi connectivity index (χ3n) is 2.74. The standard InChI is InChI=1S/C16H24N2O2S/c1-6-11(2)20-13-9-7-12(8-10-13)14(19)17-15(21)18-16(3,4)5/h7-11H,6H2,1-5H3,(H2,17,18,19,21). The SMILES string of the molecule is CCC(C)Oc1ccc(C(=O)NC(=S)NC(C)(C)C)cc1. The highest BCUT2D eigenvalue weighted by atomic mass is 32.1. The molecule has 1 aromatic rings. The number of carbonyl (C=O) groups excluding carboxylic acids is 1. The van der Waals surface area contributed by atoms with Gasteiger partial charge in [0.25, 0.3) is 5.91 Å². The minimum atomic E-state index is -0.230. The minimum Gasteiger partial charge on any atom is -0.491 e. The van der Waals surface area contributed by atoms with Crippen molar-refractivity contribution in [1.29, 1.82) is 0 Å². The van der Waals surface area contributed by atoms with Crippen molar-refractivity contribution in [2.24, 2.45) is 0 Å². The number of hydrogen-bond donors (Lipinski definition) is 2. The van der Waals surface area contributed by atoms with Crippen LogP contribution in [0.5, 0.6) is 5.75 Å². The maximum Gasteiger partial charge on any atom is 0.257 e. The first-order valence-electron chi connectivity index (χ1n) is 7.11. The quantitative estimate of drug-likeness (QED) is 0.838. The van der Waals surface area contributed by atoms with Gasteiger partial charge in [0.1, 0.15) is 5.75 Å². The lowest BCUT2D eigenvalue weighted by atomic mass is 10.1. The van der Waals surface area contributed by atoms with Crippen molar-refractivity contribution in [3.05, 3.63) is 29.8 Å². The molecule has 5 heteroatoms. The molecule has 0 bridgehead atoms.